The summed E-state index contributed by atoms with van der Waals surface area (Å²) in [4.78, 5) is 29.8. The van der Waals surface area contributed by atoms with E-state index < -0.39 is 11.8 Å². The summed E-state index contributed by atoms with van der Waals surface area (Å²) in [6.07, 6.45) is 2.49. The molecule has 0 spiro atoms. The van der Waals surface area contributed by atoms with E-state index in [4.69, 9.17) is 11.6 Å². The zero-order chi connectivity index (χ0) is 23.2. The van der Waals surface area contributed by atoms with Crippen molar-refractivity contribution in [3.05, 3.63) is 76.2 Å². The largest absolute Gasteiger partial charge is 0.320 e. The number of halogens is 1. The normalized spacial score (nSPS) is 16.0. The number of nitrogens with zero attached hydrogens (tertiary/aromatic N) is 3. The molecule has 0 aliphatic carbocycles. The topological polar surface area (TPSA) is 121 Å². The van der Waals surface area contributed by atoms with Gasteiger partial charge < -0.3 is 21.3 Å². The van der Waals surface area contributed by atoms with Gasteiger partial charge in [-0.3, -0.25) is 9.59 Å². The molecule has 10 heteroatoms. The average molecular weight is 466 g/mol. The number of carbonyl (C=O) groups excluding carboxylic acids is 2. The van der Waals surface area contributed by atoms with Gasteiger partial charge >= 0.3 is 0 Å². The number of amides is 2. The molecule has 0 bridgehead atoms. The summed E-state index contributed by atoms with van der Waals surface area (Å²) in [5, 5.41) is 21.0. The zero-order valence-electron chi connectivity index (χ0n) is 18.1. The maximum absolute atomic E-state index is 12.9. The highest BCUT2D eigenvalue weighted by Crippen LogP contribution is 2.20. The van der Waals surface area contributed by atoms with Crippen LogP contribution in [0.4, 0.5) is 11.5 Å². The summed E-state index contributed by atoms with van der Waals surface area (Å²) in [6.45, 7) is 4.47. The fourth-order valence-electron chi connectivity index (χ4n) is 3.44. The van der Waals surface area contributed by atoms with Gasteiger partial charge in [0, 0.05) is 12.7 Å². The van der Waals surface area contributed by atoms with Crippen LogP contribution in [0.15, 0.2) is 48.7 Å². The smallest absolute Gasteiger partial charge is 0.276 e. The molecule has 1 aromatic carbocycles. The summed E-state index contributed by atoms with van der Waals surface area (Å²) < 4.78 is 0. The number of hydrogen-bond acceptors (Lipinski definition) is 7. The fourth-order valence-corrected chi connectivity index (χ4v) is 3.55. The first-order valence-corrected chi connectivity index (χ1v) is 11.0. The average Bonchev–Trinajstić information content (AvgIpc) is 3.11. The Kier molecular flexibility index (Phi) is 7.23. The molecular formula is C23H24ClN7O2. The second-order valence-corrected chi connectivity index (χ2v) is 8.16. The van der Waals surface area contributed by atoms with E-state index in [-0.39, 0.29) is 11.7 Å². The van der Waals surface area contributed by atoms with E-state index in [1.807, 2.05) is 13.0 Å². The number of aryl methyl sites for hydroxylation is 1. The Balaban J connectivity index is 1.48. The van der Waals surface area contributed by atoms with E-state index in [1.54, 1.807) is 36.4 Å². The Morgan fingerprint density at radius 1 is 1.03 bits per heavy atom. The number of carbonyl (C=O) groups is 2. The quantitative estimate of drug-likeness (QED) is 0.457. The second-order valence-electron chi connectivity index (χ2n) is 7.73. The molecule has 3 heterocycles. The van der Waals surface area contributed by atoms with Crippen molar-refractivity contribution in [1.82, 2.24) is 25.8 Å². The lowest BCUT2D eigenvalue weighted by Crippen LogP contribution is -2.28. The third-order valence-corrected chi connectivity index (χ3v) is 5.40. The van der Waals surface area contributed by atoms with Gasteiger partial charge in [-0.05, 0) is 62.8 Å². The predicted octanol–water partition coefficient (Wildman–Crippen LogP) is 2.96. The molecule has 1 fully saturated rings. The molecule has 9 nitrogen and oxygen atoms in total. The summed E-state index contributed by atoms with van der Waals surface area (Å²) in [5.74, 6) is -0.507. The first-order valence-electron chi connectivity index (χ1n) is 10.6. The van der Waals surface area contributed by atoms with E-state index in [2.05, 4.69) is 36.4 Å². The van der Waals surface area contributed by atoms with Crippen LogP contribution in [-0.4, -0.2) is 46.6 Å². The third kappa shape index (κ3) is 5.89. The van der Waals surface area contributed by atoms with Crippen LogP contribution in [0.1, 0.15) is 44.6 Å². The molecule has 1 aliphatic heterocycles. The number of nitrogens with one attached hydrogen (secondary N) is 4. The number of anilines is 2. The molecule has 1 unspecified atom stereocenters. The third-order valence-electron chi connectivity index (χ3n) is 5.18. The molecule has 1 atom stereocenters. The standard InChI is InChI=1S/C23H24ClN7O2/c1-14-3-5-17(16(11-14)22(32)29-21-8-4-15(24)12-27-21)28-23(33)19-7-6-18(30-31-19)20-13-25-9-2-10-26-20/h3-8,11-12,20,25-26H,2,9-10,13H2,1H3,(H,28,33)(H,27,29,32). The number of aromatic nitrogens is 3. The maximum atomic E-state index is 12.9. The highest BCUT2D eigenvalue weighted by atomic mass is 35.5. The van der Waals surface area contributed by atoms with Crippen LogP contribution < -0.4 is 21.3 Å². The Labute approximate surface area is 196 Å². The van der Waals surface area contributed by atoms with Crippen LogP contribution in [0, 0.1) is 6.92 Å². The zero-order valence-corrected chi connectivity index (χ0v) is 18.8. The summed E-state index contributed by atoms with van der Waals surface area (Å²) in [5.41, 5.74) is 2.46. The van der Waals surface area contributed by atoms with Crippen molar-refractivity contribution in [2.24, 2.45) is 0 Å². The molecule has 170 valence electrons. The molecule has 2 amide bonds. The Morgan fingerprint density at radius 3 is 2.67 bits per heavy atom. The van der Waals surface area contributed by atoms with E-state index in [0.717, 1.165) is 37.3 Å². The molecule has 0 saturated carbocycles. The highest BCUT2D eigenvalue weighted by Gasteiger charge is 2.19. The predicted molar refractivity (Wildman–Crippen MR) is 127 cm³/mol. The van der Waals surface area contributed by atoms with Crippen molar-refractivity contribution in [3.63, 3.8) is 0 Å². The van der Waals surface area contributed by atoms with Crippen molar-refractivity contribution < 1.29 is 9.59 Å². The Morgan fingerprint density at radius 2 is 1.91 bits per heavy atom. The molecule has 4 rings (SSSR count). The lowest BCUT2D eigenvalue weighted by Gasteiger charge is -2.15. The van der Waals surface area contributed by atoms with Crippen LogP contribution in [0.5, 0.6) is 0 Å². The summed E-state index contributed by atoms with van der Waals surface area (Å²) >= 11 is 5.85. The minimum absolute atomic E-state index is 0.0472. The molecule has 1 saturated heterocycles. The van der Waals surface area contributed by atoms with E-state index in [9.17, 15) is 9.59 Å². The van der Waals surface area contributed by atoms with E-state index in [1.165, 1.54) is 6.20 Å². The van der Waals surface area contributed by atoms with Crippen molar-refractivity contribution >= 4 is 34.9 Å². The number of pyridine rings is 1. The molecule has 1 aliphatic rings. The molecule has 2 aromatic heterocycles. The first-order chi connectivity index (χ1) is 16.0. The number of benzene rings is 1. The van der Waals surface area contributed by atoms with Crippen LogP contribution in [0.3, 0.4) is 0 Å². The molecule has 33 heavy (non-hydrogen) atoms. The van der Waals surface area contributed by atoms with Crippen LogP contribution in [-0.2, 0) is 0 Å². The van der Waals surface area contributed by atoms with Crippen molar-refractivity contribution in [2.45, 2.75) is 19.4 Å². The molecular weight excluding hydrogens is 442 g/mol. The van der Waals surface area contributed by atoms with Crippen molar-refractivity contribution in [1.29, 1.82) is 0 Å². The van der Waals surface area contributed by atoms with Crippen LogP contribution in [0.25, 0.3) is 0 Å². The lowest BCUT2D eigenvalue weighted by molar-refractivity contribution is 0.102. The first kappa shape index (κ1) is 22.8. The van der Waals surface area contributed by atoms with Gasteiger partial charge in [-0.15, -0.1) is 5.10 Å². The molecule has 3 aromatic rings. The monoisotopic (exact) mass is 465 g/mol. The van der Waals surface area contributed by atoms with Gasteiger partial charge in [0.25, 0.3) is 11.8 Å². The van der Waals surface area contributed by atoms with E-state index >= 15 is 0 Å². The minimum atomic E-state index is -0.455. The minimum Gasteiger partial charge on any atom is -0.320 e. The van der Waals surface area contributed by atoms with Gasteiger partial charge in [0.1, 0.15) is 5.82 Å². The Hall–Kier alpha value is -3.40. The van der Waals surface area contributed by atoms with Gasteiger partial charge in [0.2, 0.25) is 0 Å². The fraction of sp³-hybridized carbons (Fsp3) is 0.261. The number of rotatable bonds is 5. The van der Waals surface area contributed by atoms with E-state index in [0.29, 0.717) is 22.1 Å². The summed E-state index contributed by atoms with van der Waals surface area (Å²) in [7, 11) is 0. The van der Waals surface area contributed by atoms with Gasteiger partial charge in [-0.1, -0.05) is 23.2 Å². The Bertz CT molecular complexity index is 1130. The van der Waals surface area contributed by atoms with Gasteiger partial charge in [-0.25, -0.2) is 4.98 Å². The van der Waals surface area contributed by atoms with Gasteiger partial charge in [-0.2, -0.15) is 5.10 Å². The SMILES string of the molecule is Cc1ccc(NC(=O)c2ccc(C3CNCCCN3)nn2)c(C(=O)Nc2ccc(Cl)cn2)c1. The lowest BCUT2D eigenvalue weighted by atomic mass is 10.1. The second kappa shape index (κ2) is 10.5. The molecule has 0 radical (unpaired) electrons. The number of hydrogen-bond donors (Lipinski definition) is 4. The maximum Gasteiger partial charge on any atom is 0.276 e. The van der Waals surface area contributed by atoms with Crippen LogP contribution >= 0.6 is 11.6 Å². The van der Waals surface area contributed by atoms with Crippen molar-refractivity contribution in [2.75, 3.05) is 30.3 Å². The summed E-state index contributed by atoms with van der Waals surface area (Å²) in [6, 6.07) is 11.9. The van der Waals surface area contributed by atoms with Crippen LogP contribution in [0.2, 0.25) is 5.02 Å². The highest BCUT2D eigenvalue weighted by molar-refractivity contribution is 6.30. The van der Waals surface area contributed by atoms with Gasteiger partial charge in [0.15, 0.2) is 5.69 Å². The molecule has 4 N–H and O–H groups in total. The van der Waals surface area contributed by atoms with Gasteiger partial charge in [0.05, 0.1) is 28.0 Å². The van der Waals surface area contributed by atoms with Crippen molar-refractivity contribution in [3.8, 4) is 0 Å².